The first-order valence-electron chi connectivity index (χ1n) is 10.2. The summed E-state index contributed by atoms with van der Waals surface area (Å²) in [6, 6.07) is 8.41. The van der Waals surface area contributed by atoms with Crippen LogP contribution in [0.4, 0.5) is 13.6 Å². The summed E-state index contributed by atoms with van der Waals surface area (Å²) >= 11 is 0. The molecule has 0 unspecified atom stereocenters. The zero-order valence-electron chi connectivity index (χ0n) is 17.9. The molecule has 3 rings (SSSR count). The Morgan fingerprint density at radius 3 is 2.55 bits per heavy atom. The Labute approximate surface area is 180 Å². The van der Waals surface area contributed by atoms with Crippen LogP contribution in [0.15, 0.2) is 42.6 Å². The van der Waals surface area contributed by atoms with Gasteiger partial charge in [0.15, 0.2) is 11.6 Å². The molecule has 2 heterocycles. The van der Waals surface area contributed by atoms with E-state index in [0.29, 0.717) is 12.1 Å². The third kappa shape index (κ3) is 5.00. The number of pyridine rings is 1. The van der Waals surface area contributed by atoms with Crippen LogP contribution in [0.2, 0.25) is 0 Å². The SMILES string of the molecule is CC(C)(C)N(C(=O)O)[C@@H]1CC[C@@H](c2cccc(F)c2F)CN(Cc2ccccn2)C1=O. The van der Waals surface area contributed by atoms with Gasteiger partial charge in [-0.15, -0.1) is 0 Å². The number of hydrogen-bond acceptors (Lipinski definition) is 3. The van der Waals surface area contributed by atoms with Gasteiger partial charge in [-0.1, -0.05) is 18.2 Å². The molecule has 0 radical (unpaired) electrons. The van der Waals surface area contributed by atoms with Crippen LogP contribution in [0.5, 0.6) is 0 Å². The number of carbonyl (C=O) groups is 2. The van der Waals surface area contributed by atoms with E-state index in [1.54, 1.807) is 45.2 Å². The molecule has 8 heteroatoms. The lowest BCUT2D eigenvalue weighted by Crippen LogP contribution is -2.56. The number of halogens is 2. The molecule has 0 spiro atoms. The van der Waals surface area contributed by atoms with Gasteiger partial charge in [-0.25, -0.2) is 13.6 Å². The Balaban J connectivity index is 2.01. The maximum Gasteiger partial charge on any atom is 0.408 e. The molecule has 1 saturated heterocycles. The number of amides is 2. The zero-order valence-corrected chi connectivity index (χ0v) is 17.9. The monoisotopic (exact) mass is 431 g/mol. The van der Waals surface area contributed by atoms with E-state index in [1.165, 1.54) is 17.0 Å². The highest BCUT2D eigenvalue weighted by Gasteiger charge is 2.42. The average molecular weight is 431 g/mol. The smallest absolute Gasteiger partial charge is 0.408 e. The van der Waals surface area contributed by atoms with Crippen LogP contribution >= 0.6 is 0 Å². The van der Waals surface area contributed by atoms with Crippen molar-refractivity contribution in [2.45, 2.75) is 57.7 Å². The minimum atomic E-state index is -1.20. The van der Waals surface area contributed by atoms with Crippen molar-refractivity contribution in [3.05, 3.63) is 65.5 Å². The van der Waals surface area contributed by atoms with Gasteiger partial charge < -0.3 is 10.0 Å². The highest BCUT2D eigenvalue weighted by Crippen LogP contribution is 2.33. The van der Waals surface area contributed by atoms with E-state index in [1.807, 2.05) is 0 Å². The lowest BCUT2D eigenvalue weighted by molar-refractivity contribution is -0.138. The fourth-order valence-corrected chi connectivity index (χ4v) is 4.19. The molecule has 6 nitrogen and oxygen atoms in total. The molecule has 166 valence electrons. The van der Waals surface area contributed by atoms with Crippen molar-refractivity contribution in [3.8, 4) is 0 Å². The quantitative estimate of drug-likeness (QED) is 0.778. The number of aromatic nitrogens is 1. The third-order valence-corrected chi connectivity index (χ3v) is 5.57. The largest absolute Gasteiger partial charge is 0.465 e. The molecular formula is C23H27F2N3O3. The van der Waals surface area contributed by atoms with Crippen LogP contribution in [0.1, 0.15) is 50.8 Å². The van der Waals surface area contributed by atoms with Crippen molar-refractivity contribution in [1.82, 2.24) is 14.8 Å². The molecule has 1 aliphatic rings. The molecule has 1 fully saturated rings. The summed E-state index contributed by atoms with van der Waals surface area (Å²) in [5.74, 6) is -2.70. The minimum Gasteiger partial charge on any atom is -0.465 e. The van der Waals surface area contributed by atoms with Crippen LogP contribution in [-0.2, 0) is 11.3 Å². The Morgan fingerprint density at radius 1 is 1.19 bits per heavy atom. The Hall–Kier alpha value is -3.03. The molecule has 0 bridgehead atoms. The lowest BCUT2D eigenvalue weighted by Gasteiger charge is -2.39. The van der Waals surface area contributed by atoms with Gasteiger partial charge in [0.1, 0.15) is 6.04 Å². The summed E-state index contributed by atoms with van der Waals surface area (Å²) in [5, 5.41) is 9.84. The van der Waals surface area contributed by atoms with E-state index < -0.39 is 35.2 Å². The van der Waals surface area contributed by atoms with E-state index in [0.717, 1.165) is 11.0 Å². The summed E-state index contributed by atoms with van der Waals surface area (Å²) in [6.45, 7) is 5.48. The van der Waals surface area contributed by atoms with Crippen LogP contribution in [0.25, 0.3) is 0 Å². The first kappa shape index (κ1) is 22.7. The van der Waals surface area contributed by atoms with Gasteiger partial charge in [-0.2, -0.15) is 0 Å². The van der Waals surface area contributed by atoms with Crippen molar-refractivity contribution in [1.29, 1.82) is 0 Å². The van der Waals surface area contributed by atoms with E-state index in [2.05, 4.69) is 4.98 Å². The number of nitrogens with zero attached hydrogens (tertiary/aromatic N) is 3. The summed E-state index contributed by atoms with van der Waals surface area (Å²) in [4.78, 5) is 32.5. The van der Waals surface area contributed by atoms with E-state index in [9.17, 15) is 23.5 Å². The standard InChI is InChI=1S/C23H27F2N3O3/c1-23(2,3)28(22(30)31)19-11-10-15(17-8-6-9-18(24)20(17)25)13-27(21(19)29)14-16-7-4-5-12-26-16/h4-9,12,15,19H,10-11,13-14H2,1-3H3,(H,30,31)/t15-,19-/m1/s1. The Kier molecular flexibility index (Phi) is 6.57. The molecule has 31 heavy (non-hydrogen) atoms. The maximum absolute atomic E-state index is 14.5. The molecule has 2 atom stereocenters. The molecule has 1 aromatic heterocycles. The number of carbonyl (C=O) groups excluding carboxylic acids is 1. The van der Waals surface area contributed by atoms with Crippen molar-refractivity contribution in [3.63, 3.8) is 0 Å². The number of rotatable bonds is 4. The van der Waals surface area contributed by atoms with Gasteiger partial charge in [0.05, 0.1) is 12.2 Å². The predicted molar refractivity (Wildman–Crippen MR) is 111 cm³/mol. The molecule has 1 aliphatic heterocycles. The fourth-order valence-electron chi connectivity index (χ4n) is 4.19. The normalized spacial score (nSPS) is 19.8. The van der Waals surface area contributed by atoms with Crippen molar-refractivity contribution in [2.75, 3.05) is 6.54 Å². The number of hydrogen-bond donors (Lipinski definition) is 1. The summed E-state index contributed by atoms with van der Waals surface area (Å²) in [6.07, 6.45) is 0.966. The highest BCUT2D eigenvalue weighted by atomic mass is 19.2. The molecular weight excluding hydrogens is 404 g/mol. The molecule has 0 saturated carbocycles. The molecule has 1 N–H and O–H groups in total. The molecule has 0 aliphatic carbocycles. The van der Waals surface area contributed by atoms with Crippen molar-refractivity contribution < 1.29 is 23.5 Å². The predicted octanol–water partition coefficient (Wildman–Crippen LogP) is 4.41. The van der Waals surface area contributed by atoms with Gasteiger partial charge in [0.2, 0.25) is 5.91 Å². The van der Waals surface area contributed by atoms with Crippen LogP contribution < -0.4 is 0 Å². The van der Waals surface area contributed by atoms with E-state index in [-0.39, 0.29) is 31.0 Å². The number of likely N-dealkylation sites (tertiary alicyclic amines) is 1. The topological polar surface area (TPSA) is 73.7 Å². The fraction of sp³-hybridized carbons (Fsp3) is 0.435. The van der Waals surface area contributed by atoms with Gasteiger partial charge in [0, 0.05) is 24.2 Å². The van der Waals surface area contributed by atoms with Crippen LogP contribution in [0.3, 0.4) is 0 Å². The average Bonchev–Trinajstić information content (AvgIpc) is 2.84. The first-order chi connectivity index (χ1) is 14.6. The first-order valence-corrected chi connectivity index (χ1v) is 10.2. The lowest BCUT2D eigenvalue weighted by atomic mass is 9.92. The second kappa shape index (κ2) is 8.99. The molecule has 2 amide bonds. The van der Waals surface area contributed by atoms with E-state index in [4.69, 9.17) is 0 Å². The van der Waals surface area contributed by atoms with Crippen molar-refractivity contribution in [2.24, 2.45) is 0 Å². The highest BCUT2D eigenvalue weighted by molar-refractivity contribution is 5.86. The molecule has 2 aromatic rings. The second-order valence-corrected chi connectivity index (χ2v) is 8.80. The van der Waals surface area contributed by atoms with Crippen LogP contribution in [-0.4, -0.2) is 50.0 Å². The van der Waals surface area contributed by atoms with Crippen LogP contribution in [0, 0.1) is 11.6 Å². The summed E-state index contributed by atoms with van der Waals surface area (Å²) in [5.41, 5.74) is 0.0111. The van der Waals surface area contributed by atoms with Crippen molar-refractivity contribution >= 4 is 12.0 Å². The summed E-state index contributed by atoms with van der Waals surface area (Å²) < 4.78 is 28.4. The number of benzene rings is 1. The van der Waals surface area contributed by atoms with Gasteiger partial charge in [0.25, 0.3) is 0 Å². The van der Waals surface area contributed by atoms with Gasteiger partial charge in [-0.05, 0) is 57.4 Å². The van der Waals surface area contributed by atoms with Gasteiger partial charge >= 0.3 is 6.09 Å². The molecule has 1 aromatic carbocycles. The van der Waals surface area contributed by atoms with Gasteiger partial charge in [-0.3, -0.25) is 14.7 Å². The maximum atomic E-state index is 14.5. The Bertz CT molecular complexity index is 947. The summed E-state index contributed by atoms with van der Waals surface area (Å²) in [7, 11) is 0. The number of carboxylic acid groups (broad SMARTS) is 1. The minimum absolute atomic E-state index is 0.143. The Morgan fingerprint density at radius 2 is 1.94 bits per heavy atom. The third-order valence-electron chi connectivity index (χ3n) is 5.57. The zero-order chi connectivity index (χ0) is 22.8. The van der Waals surface area contributed by atoms with E-state index >= 15 is 0 Å². The second-order valence-electron chi connectivity index (χ2n) is 8.80.